The number of methoxy groups -OCH3 is 1. The molecule has 0 N–H and O–H groups in total. The standard InChI is InChI=1S/C26H42O3/c1-5-18-19-10-6-7-15-26(19,3)21-14-16-25(2)17(9-8-11-22(27)29-4)12-13-20(25)23(21)24(18)28/h17-21,23H,5-16H2,1-4H3/t17?,18-,19?,20?,21+,23?,25?,26?/m1/s1. The van der Waals surface area contributed by atoms with Gasteiger partial charge in [0.1, 0.15) is 5.78 Å². The number of hydrogen-bond donors (Lipinski definition) is 0. The van der Waals surface area contributed by atoms with E-state index in [2.05, 4.69) is 20.8 Å². The van der Waals surface area contributed by atoms with Crippen molar-refractivity contribution in [3.8, 4) is 0 Å². The first-order chi connectivity index (χ1) is 13.9. The third kappa shape index (κ3) is 3.30. The number of hydrogen-bond acceptors (Lipinski definition) is 3. The van der Waals surface area contributed by atoms with Crippen LogP contribution < -0.4 is 0 Å². The summed E-state index contributed by atoms with van der Waals surface area (Å²) in [5, 5.41) is 0. The molecule has 4 fully saturated rings. The Morgan fingerprint density at radius 2 is 1.76 bits per heavy atom. The fraction of sp³-hybridized carbons (Fsp3) is 0.923. The Hall–Kier alpha value is -0.860. The molecule has 0 aromatic carbocycles. The summed E-state index contributed by atoms with van der Waals surface area (Å²) in [6, 6.07) is 0. The van der Waals surface area contributed by atoms with Crippen LogP contribution in [-0.4, -0.2) is 18.9 Å². The average Bonchev–Trinajstić information content (AvgIpc) is 3.05. The molecule has 0 radical (unpaired) electrons. The van der Waals surface area contributed by atoms with E-state index in [4.69, 9.17) is 4.74 Å². The molecule has 4 rings (SSSR count). The highest BCUT2D eigenvalue weighted by atomic mass is 16.5. The van der Waals surface area contributed by atoms with Gasteiger partial charge in [0.05, 0.1) is 7.11 Å². The molecule has 0 aromatic rings. The minimum atomic E-state index is -0.0853. The van der Waals surface area contributed by atoms with Gasteiger partial charge in [-0.05, 0) is 92.3 Å². The molecule has 0 amide bonds. The van der Waals surface area contributed by atoms with Crippen molar-refractivity contribution in [2.24, 2.45) is 46.3 Å². The van der Waals surface area contributed by atoms with Crippen molar-refractivity contribution in [3.05, 3.63) is 0 Å². The monoisotopic (exact) mass is 402 g/mol. The summed E-state index contributed by atoms with van der Waals surface area (Å²) in [4.78, 5) is 25.4. The molecule has 0 aromatic heterocycles. The highest BCUT2D eigenvalue weighted by molar-refractivity contribution is 5.86. The smallest absolute Gasteiger partial charge is 0.305 e. The lowest BCUT2D eigenvalue weighted by molar-refractivity contribution is -0.167. The lowest BCUT2D eigenvalue weighted by Crippen LogP contribution is -2.59. The van der Waals surface area contributed by atoms with E-state index in [-0.39, 0.29) is 5.97 Å². The zero-order valence-electron chi connectivity index (χ0n) is 19.2. The first-order valence-electron chi connectivity index (χ1n) is 12.5. The van der Waals surface area contributed by atoms with Crippen LogP contribution in [0.5, 0.6) is 0 Å². The number of Topliss-reactive ketones (excluding diaryl/α,β-unsaturated/α-hetero) is 1. The summed E-state index contributed by atoms with van der Waals surface area (Å²) in [7, 11) is 1.48. The van der Waals surface area contributed by atoms with Gasteiger partial charge < -0.3 is 4.74 Å². The number of carbonyl (C=O) groups excluding carboxylic acids is 2. The number of fused-ring (bicyclic) bond motifs is 5. The van der Waals surface area contributed by atoms with Crippen molar-refractivity contribution < 1.29 is 14.3 Å². The SMILES string of the molecule is CC[C@H]1C(=O)C2C3CCC(CCCC(=O)OC)C3(C)CC[C@@H]2C2(C)CCCCC12. The lowest BCUT2D eigenvalue weighted by Gasteiger charge is -2.61. The Labute approximate surface area is 177 Å². The highest BCUT2D eigenvalue weighted by Crippen LogP contribution is 2.68. The van der Waals surface area contributed by atoms with Gasteiger partial charge in [-0.3, -0.25) is 9.59 Å². The molecular formula is C26H42O3. The van der Waals surface area contributed by atoms with E-state index in [0.717, 1.165) is 19.3 Å². The van der Waals surface area contributed by atoms with Crippen LogP contribution in [0.1, 0.15) is 97.8 Å². The Bertz CT molecular complexity index is 642. The highest BCUT2D eigenvalue weighted by Gasteiger charge is 2.63. The van der Waals surface area contributed by atoms with Crippen molar-refractivity contribution in [3.63, 3.8) is 0 Å². The molecule has 0 saturated heterocycles. The second-order valence-electron chi connectivity index (χ2n) is 11.3. The predicted molar refractivity (Wildman–Crippen MR) is 115 cm³/mol. The van der Waals surface area contributed by atoms with E-state index < -0.39 is 0 Å². The first kappa shape index (κ1) is 21.4. The van der Waals surface area contributed by atoms with Gasteiger partial charge in [0.15, 0.2) is 0 Å². The summed E-state index contributed by atoms with van der Waals surface area (Å²) in [5.74, 6) is 3.68. The van der Waals surface area contributed by atoms with Gasteiger partial charge in [0.25, 0.3) is 0 Å². The van der Waals surface area contributed by atoms with Gasteiger partial charge in [-0.15, -0.1) is 0 Å². The molecule has 3 nitrogen and oxygen atoms in total. The molecule has 164 valence electrons. The zero-order valence-corrected chi connectivity index (χ0v) is 19.2. The molecule has 4 aliphatic rings. The Balaban J connectivity index is 1.56. The van der Waals surface area contributed by atoms with E-state index in [1.807, 2.05) is 0 Å². The molecule has 3 heteroatoms. The second-order valence-corrected chi connectivity index (χ2v) is 11.3. The summed E-state index contributed by atoms with van der Waals surface area (Å²) in [6.07, 6.45) is 13.9. The van der Waals surface area contributed by atoms with Crippen LogP contribution >= 0.6 is 0 Å². The molecule has 4 aliphatic carbocycles. The van der Waals surface area contributed by atoms with Gasteiger partial charge in [-0.1, -0.05) is 33.6 Å². The maximum Gasteiger partial charge on any atom is 0.305 e. The molecule has 8 atom stereocenters. The largest absolute Gasteiger partial charge is 0.469 e. The molecule has 6 unspecified atom stereocenters. The van der Waals surface area contributed by atoms with Gasteiger partial charge in [-0.2, -0.15) is 0 Å². The molecule has 4 saturated carbocycles. The van der Waals surface area contributed by atoms with Crippen molar-refractivity contribution in [1.82, 2.24) is 0 Å². The Morgan fingerprint density at radius 1 is 1.00 bits per heavy atom. The van der Waals surface area contributed by atoms with E-state index in [0.29, 0.717) is 58.5 Å². The topological polar surface area (TPSA) is 43.4 Å². The van der Waals surface area contributed by atoms with Crippen molar-refractivity contribution in [2.75, 3.05) is 7.11 Å². The molecule has 29 heavy (non-hydrogen) atoms. The lowest BCUT2D eigenvalue weighted by atomic mass is 9.42. The molecule has 0 heterocycles. The minimum Gasteiger partial charge on any atom is -0.469 e. The molecule has 0 bridgehead atoms. The minimum absolute atomic E-state index is 0.0853. The van der Waals surface area contributed by atoms with Crippen molar-refractivity contribution in [1.29, 1.82) is 0 Å². The van der Waals surface area contributed by atoms with Crippen LogP contribution in [0.3, 0.4) is 0 Å². The second kappa shape index (κ2) is 8.00. The number of ether oxygens (including phenoxy) is 1. The van der Waals surface area contributed by atoms with Gasteiger partial charge in [0.2, 0.25) is 0 Å². The first-order valence-corrected chi connectivity index (χ1v) is 12.5. The third-order valence-electron chi connectivity index (χ3n) is 10.4. The number of ketones is 1. The van der Waals surface area contributed by atoms with Gasteiger partial charge in [-0.25, -0.2) is 0 Å². The van der Waals surface area contributed by atoms with Gasteiger partial charge >= 0.3 is 5.97 Å². The van der Waals surface area contributed by atoms with E-state index in [1.54, 1.807) is 0 Å². The third-order valence-corrected chi connectivity index (χ3v) is 10.4. The Morgan fingerprint density at radius 3 is 2.48 bits per heavy atom. The van der Waals surface area contributed by atoms with Crippen LogP contribution in [-0.2, 0) is 14.3 Å². The normalized spacial score (nSPS) is 46.6. The quantitative estimate of drug-likeness (QED) is 0.515. The van der Waals surface area contributed by atoms with E-state index in [1.165, 1.54) is 58.5 Å². The van der Waals surface area contributed by atoms with Crippen LogP contribution in [0.15, 0.2) is 0 Å². The number of esters is 1. The fourth-order valence-corrected chi connectivity index (χ4v) is 8.89. The molecule has 0 spiro atoms. The molecular weight excluding hydrogens is 360 g/mol. The Kier molecular flexibility index (Phi) is 5.90. The van der Waals surface area contributed by atoms with Crippen LogP contribution in [0.2, 0.25) is 0 Å². The predicted octanol–water partition coefficient (Wildman–Crippen LogP) is 6.19. The summed E-state index contributed by atoms with van der Waals surface area (Å²) in [6.45, 7) is 7.31. The summed E-state index contributed by atoms with van der Waals surface area (Å²) >= 11 is 0. The van der Waals surface area contributed by atoms with Gasteiger partial charge in [0, 0.05) is 18.3 Å². The van der Waals surface area contributed by atoms with Crippen LogP contribution in [0, 0.1) is 46.3 Å². The zero-order chi connectivity index (χ0) is 20.8. The molecule has 0 aliphatic heterocycles. The summed E-state index contributed by atoms with van der Waals surface area (Å²) < 4.78 is 4.83. The number of rotatable bonds is 5. The fourth-order valence-electron chi connectivity index (χ4n) is 8.89. The number of carbonyl (C=O) groups is 2. The maximum absolute atomic E-state index is 13.9. The van der Waals surface area contributed by atoms with Crippen molar-refractivity contribution >= 4 is 11.8 Å². The van der Waals surface area contributed by atoms with Crippen LogP contribution in [0.25, 0.3) is 0 Å². The maximum atomic E-state index is 13.9. The van der Waals surface area contributed by atoms with Crippen LogP contribution in [0.4, 0.5) is 0 Å². The summed E-state index contributed by atoms with van der Waals surface area (Å²) in [5.41, 5.74) is 0.685. The average molecular weight is 403 g/mol. The van der Waals surface area contributed by atoms with Crippen molar-refractivity contribution in [2.45, 2.75) is 97.8 Å². The van der Waals surface area contributed by atoms with E-state index in [9.17, 15) is 9.59 Å². The van der Waals surface area contributed by atoms with E-state index >= 15 is 0 Å².